The molecule has 1 atom stereocenters. The molecule has 2 fully saturated rings. The molecular weight excluding hydrogens is 309 g/mol. The third-order valence-electron chi connectivity index (χ3n) is 4.75. The highest BCUT2D eigenvalue weighted by Crippen LogP contribution is 2.22. The number of piperazine rings is 1. The Morgan fingerprint density at radius 2 is 2.12 bits per heavy atom. The number of nitrogens with zero attached hydrogens (tertiary/aromatic N) is 3. The smallest absolute Gasteiger partial charge is 0.222 e. The Bertz CT molecular complexity index is 630. The van der Waals surface area contributed by atoms with Gasteiger partial charge < -0.3 is 14.5 Å². The monoisotopic (exact) mass is 331 g/mol. The summed E-state index contributed by atoms with van der Waals surface area (Å²) in [6.45, 7) is 3.23. The lowest BCUT2D eigenvalue weighted by molar-refractivity contribution is -0.132. The number of carbonyl (C=O) groups is 1. The molecule has 5 nitrogen and oxygen atoms in total. The van der Waals surface area contributed by atoms with Gasteiger partial charge in [-0.05, 0) is 37.5 Å². The molecule has 2 heterocycles. The zero-order valence-electron chi connectivity index (χ0n) is 13.7. The van der Waals surface area contributed by atoms with Gasteiger partial charge in [-0.25, -0.2) is 4.39 Å². The summed E-state index contributed by atoms with van der Waals surface area (Å²) in [7, 11) is 0. The minimum absolute atomic E-state index is 0.158. The first kappa shape index (κ1) is 16.7. The first-order valence-electron chi connectivity index (χ1n) is 8.51. The van der Waals surface area contributed by atoms with E-state index in [-0.39, 0.29) is 17.8 Å². The molecule has 0 aliphatic carbocycles. The second kappa shape index (κ2) is 7.63. The van der Waals surface area contributed by atoms with Crippen molar-refractivity contribution < 1.29 is 13.9 Å². The van der Waals surface area contributed by atoms with Crippen LogP contribution in [-0.4, -0.2) is 49.7 Å². The molecule has 1 amide bonds. The van der Waals surface area contributed by atoms with Gasteiger partial charge in [-0.2, -0.15) is 5.26 Å². The molecule has 2 aliphatic heterocycles. The Balaban J connectivity index is 1.50. The van der Waals surface area contributed by atoms with Crippen molar-refractivity contribution in [3.8, 4) is 6.07 Å². The SMILES string of the molecule is N#Cc1ccc(N2CCN(C(=O)CC[C@@H]3CCCO3)CC2)c(F)c1. The number of ether oxygens (including phenoxy) is 1. The molecule has 24 heavy (non-hydrogen) atoms. The molecule has 0 N–H and O–H groups in total. The van der Waals surface area contributed by atoms with E-state index >= 15 is 0 Å². The molecule has 0 unspecified atom stereocenters. The van der Waals surface area contributed by atoms with Crippen LogP contribution in [0.4, 0.5) is 10.1 Å². The van der Waals surface area contributed by atoms with Gasteiger partial charge in [0.05, 0.1) is 23.4 Å². The van der Waals surface area contributed by atoms with Crippen molar-refractivity contribution in [2.45, 2.75) is 31.8 Å². The summed E-state index contributed by atoms with van der Waals surface area (Å²) in [5.74, 6) is -0.224. The van der Waals surface area contributed by atoms with Gasteiger partial charge in [0.2, 0.25) is 5.91 Å². The first-order chi connectivity index (χ1) is 11.7. The third kappa shape index (κ3) is 3.85. The maximum absolute atomic E-state index is 14.1. The molecule has 1 aromatic carbocycles. The molecular formula is C18H22FN3O2. The summed E-state index contributed by atoms with van der Waals surface area (Å²) in [5.41, 5.74) is 0.819. The standard InChI is InChI=1S/C18H22FN3O2/c19-16-12-14(13-20)3-5-17(16)21-7-9-22(10-8-21)18(23)6-4-15-2-1-11-24-15/h3,5,12,15H,1-2,4,6-11H2/t15-/m0/s1. The number of anilines is 1. The molecule has 3 rings (SSSR count). The van der Waals surface area contributed by atoms with E-state index in [2.05, 4.69) is 0 Å². The van der Waals surface area contributed by atoms with Crippen LogP contribution in [-0.2, 0) is 9.53 Å². The number of nitriles is 1. The lowest BCUT2D eigenvalue weighted by atomic mass is 10.1. The molecule has 0 aromatic heterocycles. The highest BCUT2D eigenvalue weighted by Gasteiger charge is 2.24. The minimum Gasteiger partial charge on any atom is -0.378 e. The first-order valence-corrected chi connectivity index (χ1v) is 8.51. The minimum atomic E-state index is -0.382. The predicted octanol–water partition coefficient (Wildman–Crippen LogP) is 2.31. The van der Waals surface area contributed by atoms with Gasteiger partial charge in [-0.15, -0.1) is 0 Å². The maximum atomic E-state index is 14.1. The van der Waals surface area contributed by atoms with E-state index in [1.54, 1.807) is 12.1 Å². The Morgan fingerprint density at radius 1 is 1.33 bits per heavy atom. The summed E-state index contributed by atoms with van der Waals surface area (Å²) in [4.78, 5) is 16.1. The van der Waals surface area contributed by atoms with Crippen molar-refractivity contribution in [1.29, 1.82) is 5.26 Å². The van der Waals surface area contributed by atoms with Crippen molar-refractivity contribution in [3.63, 3.8) is 0 Å². The molecule has 0 spiro atoms. The van der Waals surface area contributed by atoms with Gasteiger partial charge in [0.1, 0.15) is 5.82 Å². The van der Waals surface area contributed by atoms with Gasteiger partial charge in [-0.3, -0.25) is 4.79 Å². The largest absolute Gasteiger partial charge is 0.378 e. The zero-order valence-corrected chi connectivity index (χ0v) is 13.7. The van der Waals surface area contributed by atoms with Crippen LogP contribution >= 0.6 is 0 Å². The summed E-state index contributed by atoms with van der Waals surface area (Å²) in [6, 6.07) is 6.46. The second-order valence-electron chi connectivity index (χ2n) is 6.32. The van der Waals surface area contributed by atoms with Crippen molar-refractivity contribution in [2.24, 2.45) is 0 Å². The molecule has 2 saturated heterocycles. The fourth-order valence-corrected chi connectivity index (χ4v) is 3.34. The molecule has 0 bridgehead atoms. The lowest BCUT2D eigenvalue weighted by Crippen LogP contribution is -2.49. The fraction of sp³-hybridized carbons (Fsp3) is 0.556. The van der Waals surface area contributed by atoms with E-state index in [9.17, 15) is 9.18 Å². The summed E-state index contributed by atoms with van der Waals surface area (Å²) in [6.07, 6.45) is 3.70. The Morgan fingerprint density at radius 3 is 2.75 bits per heavy atom. The number of rotatable bonds is 4. The van der Waals surface area contributed by atoms with Crippen LogP contribution in [0.25, 0.3) is 0 Å². The van der Waals surface area contributed by atoms with Crippen molar-refractivity contribution in [1.82, 2.24) is 4.90 Å². The van der Waals surface area contributed by atoms with Crippen molar-refractivity contribution in [3.05, 3.63) is 29.6 Å². The summed E-state index contributed by atoms with van der Waals surface area (Å²) in [5, 5.41) is 8.80. The normalized spacial score (nSPS) is 20.9. The van der Waals surface area contributed by atoms with Gasteiger partial charge in [0, 0.05) is 39.2 Å². The third-order valence-corrected chi connectivity index (χ3v) is 4.75. The summed E-state index contributed by atoms with van der Waals surface area (Å²) < 4.78 is 19.6. The van der Waals surface area contributed by atoms with Crippen LogP contribution in [0.1, 0.15) is 31.2 Å². The van der Waals surface area contributed by atoms with Crippen LogP contribution in [0.15, 0.2) is 18.2 Å². The van der Waals surface area contributed by atoms with Gasteiger partial charge >= 0.3 is 0 Å². The number of carbonyl (C=O) groups excluding carboxylic acids is 1. The Kier molecular flexibility index (Phi) is 5.31. The Hall–Kier alpha value is -2.13. The van der Waals surface area contributed by atoms with Crippen LogP contribution < -0.4 is 4.90 Å². The van der Waals surface area contributed by atoms with E-state index in [1.807, 2.05) is 15.9 Å². The van der Waals surface area contributed by atoms with E-state index < -0.39 is 0 Å². The highest BCUT2D eigenvalue weighted by atomic mass is 19.1. The lowest BCUT2D eigenvalue weighted by Gasteiger charge is -2.36. The number of amides is 1. The van der Waals surface area contributed by atoms with Crippen LogP contribution in [0, 0.1) is 17.1 Å². The van der Waals surface area contributed by atoms with Crippen molar-refractivity contribution in [2.75, 3.05) is 37.7 Å². The van der Waals surface area contributed by atoms with Gasteiger partial charge in [0.25, 0.3) is 0 Å². The average Bonchev–Trinajstić information content (AvgIpc) is 3.13. The Labute approximate surface area is 141 Å². The zero-order chi connectivity index (χ0) is 16.9. The van der Waals surface area contributed by atoms with Crippen LogP contribution in [0.5, 0.6) is 0 Å². The van der Waals surface area contributed by atoms with E-state index in [0.717, 1.165) is 25.9 Å². The molecule has 1 aromatic rings. The number of benzene rings is 1. The van der Waals surface area contributed by atoms with Crippen LogP contribution in [0.2, 0.25) is 0 Å². The number of hydrogen-bond acceptors (Lipinski definition) is 4. The van der Waals surface area contributed by atoms with E-state index in [1.165, 1.54) is 6.07 Å². The fourth-order valence-electron chi connectivity index (χ4n) is 3.34. The van der Waals surface area contributed by atoms with Gasteiger partial charge in [-0.1, -0.05) is 0 Å². The van der Waals surface area contributed by atoms with Gasteiger partial charge in [0.15, 0.2) is 0 Å². The highest BCUT2D eigenvalue weighted by molar-refractivity contribution is 5.76. The second-order valence-corrected chi connectivity index (χ2v) is 6.32. The molecule has 0 saturated carbocycles. The summed E-state index contributed by atoms with van der Waals surface area (Å²) >= 11 is 0. The molecule has 2 aliphatic rings. The maximum Gasteiger partial charge on any atom is 0.222 e. The molecule has 128 valence electrons. The topological polar surface area (TPSA) is 56.6 Å². The van der Waals surface area contributed by atoms with E-state index in [4.69, 9.17) is 10.00 Å². The number of halogens is 1. The van der Waals surface area contributed by atoms with Crippen LogP contribution in [0.3, 0.4) is 0 Å². The van der Waals surface area contributed by atoms with Crippen molar-refractivity contribution >= 4 is 11.6 Å². The number of hydrogen-bond donors (Lipinski definition) is 0. The van der Waals surface area contributed by atoms with E-state index in [0.29, 0.717) is 43.9 Å². The predicted molar refractivity (Wildman–Crippen MR) is 88.1 cm³/mol. The molecule has 0 radical (unpaired) electrons. The average molecular weight is 331 g/mol. The quantitative estimate of drug-likeness (QED) is 0.849. The molecule has 6 heteroatoms.